The Kier molecular flexibility index (Phi) is 5.76. The first kappa shape index (κ1) is 20.6. The monoisotopic (exact) mass is 453 g/mol. The number of nitrogens with zero attached hydrogens (tertiary/aromatic N) is 3. The molecular formula is C24H24ClN3O2S. The Labute approximate surface area is 191 Å². The Morgan fingerprint density at radius 1 is 1.19 bits per heavy atom. The van der Waals surface area contributed by atoms with E-state index in [1.54, 1.807) is 6.07 Å². The Bertz CT molecular complexity index is 1130. The zero-order valence-electron chi connectivity index (χ0n) is 17.4. The number of rotatable bonds is 8. The van der Waals surface area contributed by atoms with Crippen LogP contribution in [0.1, 0.15) is 59.5 Å². The van der Waals surface area contributed by atoms with Gasteiger partial charge in [-0.05, 0) is 68.4 Å². The smallest absolute Gasteiger partial charge is 0.192 e. The number of carbonyl (C=O) groups excluding carboxylic acids is 1. The number of hydrogen-bond acceptors (Lipinski definition) is 5. The zero-order valence-corrected chi connectivity index (χ0v) is 19.0. The molecule has 0 bridgehead atoms. The predicted octanol–water partition coefficient (Wildman–Crippen LogP) is 5.70. The van der Waals surface area contributed by atoms with E-state index >= 15 is 0 Å². The lowest BCUT2D eigenvalue weighted by Gasteiger charge is -2.13. The van der Waals surface area contributed by atoms with Crippen molar-refractivity contribution < 1.29 is 9.53 Å². The molecule has 0 aliphatic heterocycles. The van der Waals surface area contributed by atoms with Crippen LogP contribution in [0.5, 0.6) is 5.75 Å². The largest absolute Gasteiger partial charge is 0.484 e. The Hall–Kier alpha value is -2.31. The molecule has 1 atom stereocenters. The second-order valence-corrected chi connectivity index (χ2v) is 9.90. The van der Waals surface area contributed by atoms with E-state index < -0.39 is 0 Å². The third-order valence-corrected chi connectivity index (χ3v) is 7.24. The predicted molar refractivity (Wildman–Crippen MR) is 122 cm³/mol. The van der Waals surface area contributed by atoms with Gasteiger partial charge in [0.1, 0.15) is 12.4 Å². The molecule has 160 valence electrons. The minimum Gasteiger partial charge on any atom is -0.484 e. The molecule has 0 N–H and O–H groups in total. The molecule has 1 aromatic heterocycles. The van der Waals surface area contributed by atoms with Crippen LogP contribution in [0.2, 0.25) is 5.02 Å². The van der Waals surface area contributed by atoms with E-state index in [0.29, 0.717) is 23.4 Å². The summed E-state index contributed by atoms with van der Waals surface area (Å²) < 4.78 is 8.02. The summed E-state index contributed by atoms with van der Waals surface area (Å²) in [7, 11) is 0. The number of hydrogen-bond donors (Lipinski definition) is 0. The zero-order chi connectivity index (χ0) is 21.4. The van der Waals surface area contributed by atoms with Gasteiger partial charge in [0.05, 0.1) is 10.3 Å². The van der Waals surface area contributed by atoms with Crippen LogP contribution < -0.4 is 4.74 Å². The molecule has 31 heavy (non-hydrogen) atoms. The number of para-hydroxylation sites is 1. The first-order chi connectivity index (χ1) is 15.1. The second kappa shape index (κ2) is 8.67. The van der Waals surface area contributed by atoms with Crippen molar-refractivity contribution in [1.29, 1.82) is 0 Å². The minimum absolute atomic E-state index is 0.138. The summed E-state index contributed by atoms with van der Waals surface area (Å²) in [4.78, 5) is 13.1. The lowest BCUT2D eigenvalue weighted by atomic mass is 10.0. The van der Waals surface area contributed by atoms with Crippen molar-refractivity contribution in [2.75, 3.05) is 0 Å². The highest BCUT2D eigenvalue weighted by Gasteiger charge is 2.31. The van der Waals surface area contributed by atoms with Gasteiger partial charge < -0.3 is 4.74 Å². The first-order valence-corrected chi connectivity index (χ1v) is 12.0. The van der Waals surface area contributed by atoms with Crippen LogP contribution in [-0.4, -0.2) is 25.8 Å². The summed E-state index contributed by atoms with van der Waals surface area (Å²) in [6.07, 6.45) is 5.57. The molecule has 0 spiro atoms. The van der Waals surface area contributed by atoms with Gasteiger partial charge in [0.25, 0.3) is 0 Å². The summed E-state index contributed by atoms with van der Waals surface area (Å²) in [5.41, 5.74) is 3.50. The lowest BCUT2D eigenvalue weighted by Crippen LogP contribution is -2.15. The summed E-state index contributed by atoms with van der Waals surface area (Å²) >= 11 is 7.68. The summed E-state index contributed by atoms with van der Waals surface area (Å²) in [6, 6.07) is 13.9. The molecule has 2 aliphatic rings. The van der Waals surface area contributed by atoms with E-state index in [9.17, 15) is 4.79 Å². The van der Waals surface area contributed by atoms with Gasteiger partial charge in [0, 0.05) is 11.6 Å². The van der Waals surface area contributed by atoms with Gasteiger partial charge >= 0.3 is 0 Å². The van der Waals surface area contributed by atoms with Crippen LogP contribution >= 0.6 is 23.4 Å². The molecule has 5 rings (SSSR count). The van der Waals surface area contributed by atoms with Gasteiger partial charge in [-0.15, -0.1) is 10.2 Å². The average Bonchev–Trinajstić information content (AvgIpc) is 3.36. The maximum absolute atomic E-state index is 13.1. The molecule has 1 fully saturated rings. The number of aryl methyl sites for hydroxylation is 2. The summed E-state index contributed by atoms with van der Waals surface area (Å²) in [5, 5.41) is 9.88. The highest BCUT2D eigenvalue weighted by Crippen LogP contribution is 2.40. The van der Waals surface area contributed by atoms with E-state index in [0.717, 1.165) is 42.2 Å². The fraction of sp³-hybridized carbons (Fsp3) is 0.375. The van der Waals surface area contributed by atoms with Gasteiger partial charge in [0.2, 0.25) is 0 Å². The van der Waals surface area contributed by atoms with Crippen LogP contribution in [-0.2, 0) is 19.4 Å². The summed E-state index contributed by atoms with van der Waals surface area (Å²) in [5.74, 6) is 1.53. The number of halogens is 1. The van der Waals surface area contributed by atoms with E-state index in [-0.39, 0.29) is 11.0 Å². The Morgan fingerprint density at radius 3 is 2.81 bits per heavy atom. The van der Waals surface area contributed by atoms with Crippen molar-refractivity contribution in [2.45, 2.75) is 62.1 Å². The van der Waals surface area contributed by atoms with Gasteiger partial charge in [-0.2, -0.15) is 0 Å². The van der Waals surface area contributed by atoms with Crippen LogP contribution in [0.25, 0.3) is 0 Å². The van der Waals surface area contributed by atoms with E-state index in [2.05, 4.69) is 26.9 Å². The van der Waals surface area contributed by atoms with Crippen LogP contribution in [0.4, 0.5) is 0 Å². The molecule has 1 saturated carbocycles. The van der Waals surface area contributed by atoms with Gasteiger partial charge in [-0.3, -0.25) is 9.36 Å². The molecule has 0 amide bonds. The number of aromatic nitrogens is 3. The number of ether oxygens (including phenoxy) is 1. The molecule has 5 nitrogen and oxygen atoms in total. The average molecular weight is 454 g/mol. The van der Waals surface area contributed by atoms with E-state index in [1.165, 1.54) is 29.3 Å². The van der Waals surface area contributed by atoms with Crippen molar-refractivity contribution in [2.24, 2.45) is 0 Å². The van der Waals surface area contributed by atoms with Crippen LogP contribution in [0.3, 0.4) is 0 Å². The standard InChI is InChI=1S/C24H24ClN3O2S/c1-15(23(29)18-10-9-16-5-4-6-17(16)13-18)31-24-27-26-22(28(24)19-11-12-19)14-30-21-8-3-2-7-20(21)25/h2-3,7-10,13,15,19H,4-6,11-12,14H2,1H3/t15-/m0/s1. The van der Waals surface area contributed by atoms with Crippen molar-refractivity contribution >= 4 is 29.1 Å². The molecule has 3 aromatic rings. The quantitative estimate of drug-likeness (QED) is 0.323. The van der Waals surface area contributed by atoms with Crippen LogP contribution in [0.15, 0.2) is 47.6 Å². The van der Waals surface area contributed by atoms with Gasteiger partial charge in [0.15, 0.2) is 16.8 Å². The van der Waals surface area contributed by atoms with Gasteiger partial charge in [-0.1, -0.05) is 47.6 Å². The van der Waals surface area contributed by atoms with E-state index in [1.807, 2.05) is 31.2 Å². The molecule has 1 heterocycles. The van der Waals surface area contributed by atoms with Crippen molar-refractivity contribution in [3.8, 4) is 5.75 Å². The van der Waals surface area contributed by atoms with Crippen molar-refractivity contribution in [3.63, 3.8) is 0 Å². The minimum atomic E-state index is -0.238. The van der Waals surface area contributed by atoms with E-state index in [4.69, 9.17) is 16.3 Å². The van der Waals surface area contributed by atoms with Gasteiger partial charge in [-0.25, -0.2) is 0 Å². The number of ketones is 1. The number of carbonyl (C=O) groups is 1. The number of Topliss-reactive ketones (excluding diaryl/α,β-unsaturated/α-hetero) is 1. The van der Waals surface area contributed by atoms with Crippen molar-refractivity contribution in [3.05, 3.63) is 70.0 Å². The number of benzene rings is 2. The molecule has 0 radical (unpaired) electrons. The maximum Gasteiger partial charge on any atom is 0.192 e. The molecule has 7 heteroatoms. The fourth-order valence-corrected chi connectivity index (χ4v) is 5.27. The maximum atomic E-state index is 13.1. The first-order valence-electron chi connectivity index (χ1n) is 10.7. The Balaban J connectivity index is 1.31. The molecule has 0 saturated heterocycles. The number of thioether (sulfide) groups is 1. The highest BCUT2D eigenvalue weighted by atomic mass is 35.5. The third kappa shape index (κ3) is 4.37. The Morgan fingerprint density at radius 2 is 2.00 bits per heavy atom. The third-order valence-electron chi connectivity index (χ3n) is 5.88. The fourth-order valence-electron chi connectivity index (χ4n) is 4.06. The molecular weight excluding hydrogens is 430 g/mol. The SMILES string of the molecule is C[C@H](Sc1nnc(COc2ccccc2Cl)n1C1CC1)C(=O)c1ccc2c(c1)CCC2. The van der Waals surface area contributed by atoms with Crippen LogP contribution in [0, 0.1) is 0 Å². The highest BCUT2D eigenvalue weighted by molar-refractivity contribution is 8.00. The number of fused-ring (bicyclic) bond motifs is 1. The topological polar surface area (TPSA) is 57.0 Å². The van der Waals surface area contributed by atoms with Crippen molar-refractivity contribution in [1.82, 2.24) is 14.8 Å². The lowest BCUT2D eigenvalue weighted by molar-refractivity contribution is 0.0993. The molecule has 0 unspecified atom stereocenters. The normalized spacial score (nSPS) is 16.2. The molecule has 2 aliphatic carbocycles. The molecule has 2 aromatic carbocycles. The summed E-state index contributed by atoms with van der Waals surface area (Å²) in [6.45, 7) is 2.24. The second-order valence-electron chi connectivity index (χ2n) is 8.18.